The number of hydrogen-bond donors (Lipinski definition) is 2. The number of aliphatic hydroxyl groups excluding tert-OH is 1. The summed E-state index contributed by atoms with van der Waals surface area (Å²) in [4.78, 5) is 1.96. The molecule has 2 atom stereocenters. The van der Waals surface area contributed by atoms with Crippen LogP contribution in [0.25, 0.3) is 0 Å². The van der Waals surface area contributed by atoms with Crippen LogP contribution in [0.4, 0.5) is 0 Å². The van der Waals surface area contributed by atoms with E-state index in [-0.39, 0.29) is 12.4 Å². The quantitative estimate of drug-likeness (QED) is 0.889. The smallest absolute Gasteiger partial charge is 0.156 e. The zero-order valence-corrected chi connectivity index (χ0v) is 11.3. The van der Waals surface area contributed by atoms with Gasteiger partial charge in [0.1, 0.15) is 0 Å². The molecule has 5 heteroatoms. The summed E-state index contributed by atoms with van der Waals surface area (Å²) in [7, 11) is 0. The highest BCUT2D eigenvalue weighted by atomic mass is 35.5. The van der Waals surface area contributed by atoms with Crippen molar-refractivity contribution in [1.29, 1.82) is 5.41 Å². The van der Waals surface area contributed by atoms with Gasteiger partial charge in [-0.3, -0.25) is 5.41 Å². The molecule has 1 fully saturated rings. The van der Waals surface area contributed by atoms with Crippen molar-refractivity contribution in [1.82, 2.24) is 4.90 Å². The third-order valence-electron chi connectivity index (χ3n) is 2.81. The van der Waals surface area contributed by atoms with E-state index in [4.69, 9.17) is 5.41 Å². The molecular weight excluding hydrogens is 256 g/mol. The maximum absolute atomic E-state index is 10.1. The van der Waals surface area contributed by atoms with Crippen molar-refractivity contribution >= 4 is 29.3 Å². The topological polar surface area (TPSA) is 47.3 Å². The average molecular weight is 273 g/mol. The second-order valence-corrected chi connectivity index (χ2v) is 5.05. The highest BCUT2D eigenvalue weighted by Gasteiger charge is 2.27. The van der Waals surface area contributed by atoms with E-state index in [1.807, 2.05) is 35.2 Å². The Morgan fingerprint density at radius 1 is 1.47 bits per heavy atom. The molecule has 94 valence electrons. The minimum Gasteiger partial charge on any atom is -0.387 e. The fourth-order valence-electron chi connectivity index (χ4n) is 1.80. The molecule has 2 rings (SSSR count). The number of benzene rings is 1. The van der Waals surface area contributed by atoms with Crippen molar-refractivity contribution in [3.05, 3.63) is 35.9 Å². The predicted octanol–water partition coefficient (Wildman–Crippen LogP) is 2.51. The maximum atomic E-state index is 10.1. The second kappa shape index (κ2) is 6.28. The number of amidine groups is 1. The van der Waals surface area contributed by atoms with Crippen LogP contribution in [0.2, 0.25) is 0 Å². The minimum absolute atomic E-state index is 0. The highest BCUT2D eigenvalue weighted by Crippen LogP contribution is 2.25. The molecule has 17 heavy (non-hydrogen) atoms. The highest BCUT2D eigenvalue weighted by molar-refractivity contribution is 8.14. The van der Waals surface area contributed by atoms with Crippen molar-refractivity contribution in [3.8, 4) is 0 Å². The van der Waals surface area contributed by atoms with Crippen molar-refractivity contribution in [2.75, 3.05) is 12.3 Å². The van der Waals surface area contributed by atoms with Gasteiger partial charge >= 0.3 is 0 Å². The van der Waals surface area contributed by atoms with Crippen molar-refractivity contribution in [3.63, 3.8) is 0 Å². The molecule has 3 nitrogen and oxygen atoms in total. The molecule has 0 bridgehead atoms. The minimum atomic E-state index is -0.511. The van der Waals surface area contributed by atoms with Crippen LogP contribution in [-0.4, -0.2) is 33.5 Å². The van der Waals surface area contributed by atoms with Crippen LogP contribution in [0.1, 0.15) is 18.6 Å². The summed E-state index contributed by atoms with van der Waals surface area (Å²) < 4.78 is 0. The Balaban J connectivity index is 0.00000144. The Hall–Kier alpha value is -0.710. The van der Waals surface area contributed by atoms with Crippen LogP contribution in [-0.2, 0) is 0 Å². The first-order chi connectivity index (χ1) is 7.68. The monoisotopic (exact) mass is 272 g/mol. The van der Waals surface area contributed by atoms with Gasteiger partial charge in [0.25, 0.3) is 0 Å². The summed E-state index contributed by atoms with van der Waals surface area (Å²) in [6.07, 6.45) is -0.511. The molecule has 0 spiro atoms. The lowest BCUT2D eigenvalue weighted by atomic mass is 10.1. The number of rotatable bonds is 3. The summed E-state index contributed by atoms with van der Waals surface area (Å²) in [5, 5.41) is 18.4. The third-order valence-corrected chi connectivity index (χ3v) is 3.97. The summed E-state index contributed by atoms with van der Waals surface area (Å²) in [6, 6.07) is 9.96. The molecule has 1 aliphatic rings. The fraction of sp³-hybridized carbons (Fsp3) is 0.417. The van der Waals surface area contributed by atoms with Gasteiger partial charge in [0.2, 0.25) is 0 Å². The first kappa shape index (κ1) is 14.4. The molecule has 1 saturated heterocycles. The zero-order chi connectivity index (χ0) is 11.5. The van der Waals surface area contributed by atoms with Crippen molar-refractivity contribution in [2.45, 2.75) is 19.1 Å². The largest absolute Gasteiger partial charge is 0.387 e. The number of hydrogen-bond acceptors (Lipinski definition) is 3. The summed E-state index contributed by atoms with van der Waals surface area (Å²) in [5.74, 6) is 0.945. The van der Waals surface area contributed by atoms with Crippen LogP contribution in [0, 0.1) is 5.41 Å². The van der Waals surface area contributed by atoms with E-state index in [0.717, 1.165) is 11.3 Å². The van der Waals surface area contributed by atoms with Gasteiger partial charge in [-0.1, -0.05) is 42.1 Å². The van der Waals surface area contributed by atoms with E-state index >= 15 is 0 Å². The van der Waals surface area contributed by atoms with Gasteiger partial charge in [-0.2, -0.15) is 0 Å². The van der Waals surface area contributed by atoms with Crippen LogP contribution in [0.3, 0.4) is 0 Å². The molecule has 0 aromatic heterocycles. The summed E-state index contributed by atoms with van der Waals surface area (Å²) in [6.45, 7) is 2.60. The lowest BCUT2D eigenvalue weighted by Crippen LogP contribution is -2.35. The lowest BCUT2D eigenvalue weighted by molar-refractivity contribution is 0.137. The lowest BCUT2D eigenvalue weighted by Gasteiger charge is -2.25. The first-order valence-electron chi connectivity index (χ1n) is 5.39. The first-order valence-corrected chi connectivity index (χ1v) is 6.38. The number of nitrogens with one attached hydrogen (secondary N) is 1. The Morgan fingerprint density at radius 2 is 2.12 bits per heavy atom. The van der Waals surface area contributed by atoms with Gasteiger partial charge in [0.15, 0.2) is 5.17 Å². The van der Waals surface area contributed by atoms with Crippen LogP contribution < -0.4 is 0 Å². The number of β-amino-alcohol motifs (C(OH)–C–C–N with tert-alkyl or cyclic N) is 1. The molecule has 1 heterocycles. The average Bonchev–Trinajstić information content (AvgIpc) is 2.62. The molecule has 2 N–H and O–H groups in total. The van der Waals surface area contributed by atoms with Crippen LogP contribution in [0.5, 0.6) is 0 Å². The molecule has 1 aromatic carbocycles. The van der Waals surface area contributed by atoms with Gasteiger partial charge in [0.05, 0.1) is 12.6 Å². The van der Waals surface area contributed by atoms with Gasteiger partial charge in [-0.15, -0.1) is 12.4 Å². The normalized spacial score (nSPS) is 21.2. The van der Waals surface area contributed by atoms with Crippen LogP contribution in [0.15, 0.2) is 30.3 Å². The Kier molecular flexibility index (Phi) is 5.31. The number of aliphatic hydroxyl groups is 1. The van der Waals surface area contributed by atoms with Gasteiger partial charge in [-0.05, 0) is 12.5 Å². The Bertz CT molecular complexity index is 374. The molecule has 1 aromatic rings. The van der Waals surface area contributed by atoms with E-state index in [1.54, 1.807) is 11.8 Å². The van der Waals surface area contributed by atoms with E-state index in [2.05, 4.69) is 6.92 Å². The van der Waals surface area contributed by atoms with Crippen molar-refractivity contribution < 1.29 is 5.11 Å². The Labute approximate surface area is 112 Å². The fourth-order valence-corrected chi connectivity index (χ4v) is 2.80. The second-order valence-electron chi connectivity index (χ2n) is 4.04. The van der Waals surface area contributed by atoms with E-state index in [9.17, 15) is 5.11 Å². The predicted molar refractivity (Wildman–Crippen MR) is 75.0 cm³/mol. The maximum Gasteiger partial charge on any atom is 0.156 e. The molecular formula is C12H17ClN2OS. The molecule has 0 aliphatic carbocycles. The van der Waals surface area contributed by atoms with Gasteiger partial charge in [0, 0.05) is 11.8 Å². The molecule has 1 aliphatic heterocycles. The van der Waals surface area contributed by atoms with Gasteiger partial charge < -0.3 is 10.0 Å². The molecule has 2 unspecified atom stereocenters. The van der Waals surface area contributed by atoms with Crippen LogP contribution >= 0.6 is 24.2 Å². The standard InChI is InChI=1S/C12H16N2OS.ClH/c1-9-8-16-12(13)14(9)7-11(15)10-5-3-2-4-6-10;/h2-6,9,11,13,15H,7-8H2,1H3;1H. The Morgan fingerprint density at radius 3 is 2.65 bits per heavy atom. The molecule has 0 saturated carbocycles. The van der Waals surface area contributed by atoms with E-state index in [1.165, 1.54) is 0 Å². The summed E-state index contributed by atoms with van der Waals surface area (Å²) in [5.41, 5.74) is 0.916. The number of nitrogens with zero attached hydrogens (tertiary/aromatic N) is 1. The summed E-state index contributed by atoms with van der Waals surface area (Å²) >= 11 is 1.55. The number of halogens is 1. The van der Waals surface area contributed by atoms with E-state index < -0.39 is 6.10 Å². The van der Waals surface area contributed by atoms with E-state index in [0.29, 0.717) is 17.8 Å². The molecule has 0 amide bonds. The molecule has 0 radical (unpaired) electrons. The van der Waals surface area contributed by atoms with Crippen molar-refractivity contribution in [2.24, 2.45) is 0 Å². The third kappa shape index (κ3) is 3.37. The number of thioether (sulfide) groups is 1. The zero-order valence-electron chi connectivity index (χ0n) is 9.67. The SMILES string of the molecule is CC1CSC(=N)N1CC(O)c1ccccc1.Cl. The van der Waals surface area contributed by atoms with Gasteiger partial charge in [-0.25, -0.2) is 0 Å².